The Hall–Kier alpha value is -2.44. The van der Waals surface area contributed by atoms with E-state index in [2.05, 4.69) is 5.32 Å². The lowest BCUT2D eigenvalue weighted by atomic mass is 9.98. The fourth-order valence-electron chi connectivity index (χ4n) is 3.08. The Morgan fingerprint density at radius 3 is 2.31 bits per heavy atom. The van der Waals surface area contributed by atoms with Crippen molar-refractivity contribution in [3.63, 3.8) is 0 Å². The normalized spacial score (nSPS) is 15.5. The van der Waals surface area contributed by atoms with Gasteiger partial charge in [-0.3, -0.25) is 0 Å². The summed E-state index contributed by atoms with van der Waals surface area (Å²) in [5.74, 6) is 0.900. The first kappa shape index (κ1) is 19.9. The first-order valence-electron chi connectivity index (χ1n) is 8.82. The molecule has 0 aromatic heterocycles. The topological polar surface area (TPSA) is 77.1 Å². The van der Waals surface area contributed by atoms with E-state index in [9.17, 15) is 9.59 Å². The Morgan fingerprint density at radius 1 is 1.15 bits per heavy atom. The predicted molar refractivity (Wildman–Crippen MR) is 97.5 cm³/mol. The Morgan fingerprint density at radius 2 is 1.77 bits per heavy atom. The van der Waals surface area contributed by atoms with Crippen LogP contribution in [0.4, 0.5) is 4.79 Å². The highest BCUT2D eigenvalue weighted by atomic mass is 16.5. The summed E-state index contributed by atoms with van der Waals surface area (Å²) in [6, 6.07) is 2.95. The number of nitrogens with zero attached hydrogens (tertiary/aromatic N) is 1. The Balaban J connectivity index is 2.14. The number of urea groups is 1. The van der Waals surface area contributed by atoms with E-state index in [1.807, 2.05) is 26.0 Å². The SMILES string of the molecule is CC[C@H](C)[C@H](NC(=O)N1CCc2cc(OC)c(OC)cc2C1)C(=O)OC. The van der Waals surface area contributed by atoms with Gasteiger partial charge < -0.3 is 24.4 Å². The van der Waals surface area contributed by atoms with E-state index in [0.717, 1.165) is 24.0 Å². The largest absolute Gasteiger partial charge is 0.493 e. The molecule has 2 amide bonds. The van der Waals surface area contributed by atoms with Crippen LogP contribution in [-0.4, -0.2) is 50.8 Å². The highest BCUT2D eigenvalue weighted by Gasteiger charge is 2.30. The number of rotatable bonds is 6. The van der Waals surface area contributed by atoms with E-state index >= 15 is 0 Å². The van der Waals surface area contributed by atoms with Crippen LogP contribution in [0.3, 0.4) is 0 Å². The van der Waals surface area contributed by atoms with Crippen molar-refractivity contribution in [1.82, 2.24) is 10.2 Å². The van der Waals surface area contributed by atoms with E-state index in [1.165, 1.54) is 7.11 Å². The average molecular weight is 364 g/mol. The van der Waals surface area contributed by atoms with Gasteiger partial charge in [0, 0.05) is 13.1 Å². The lowest BCUT2D eigenvalue weighted by Crippen LogP contribution is -2.51. The number of amides is 2. The lowest BCUT2D eigenvalue weighted by molar-refractivity contribution is -0.144. The van der Waals surface area contributed by atoms with Gasteiger partial charge in [-0.25, -0.2) is 9.59 Å². The molecule has 2 rings (SSSR count). The second-order valence-electron chi connectivity index (χ2n) is 6.48. The van der Waals surface area contributed by atoms with Crippen LogP contribution in [0.15, 0.2) is 12.1 Å². The molecule has 144 valence electrons. The van der Waals surface area contributed by atoms with E-state index in [1.54, 1.807) is 19.1 Å². The molecule has 2 atom stereocenters. The van der Waals surface area contributed by atoms with Crippen LogP contribution in [0.2, 0.25) is 0 Å². The molecular formula is C19H28N2O5. The van der Waals surface area contributed by atoms with Gasteiger partial charge in [0.25, 0.3) is 0 Å². The minimum atomic E-state index is -0.649. The predicted octanol–water partition coefficient (Wildman–Crippen LogP) is 2.36. The van der Waals surface area contributed by atoms with Gasteiger partial charge in [-0.1, -0.05) is 20.3 Å². The van der Waals surface area contributed by atoms with Crippen LogP contribution in [0.25, 0.3) is 0 Å². The maximum Gasteiger partial charge on any atom is 0.328 e. The average Bonchev–Trinajstić information content (AvgIpc) is 2.68. The fourth-order valence-corrected chi connectivity index (χ4v) is 3.08. The zero-order valence-corrected chi connectivity index (χ0v) is 16.1. The zero-order valence-electron chi connectivity index (χ0n) is 16.1. The second-order valence-corrected chi connectivity index (χ2v) is 6.48. The molecule has 26 heavy (non-hydrogen) atoms. The molecule has 0 radical (unpaired) electrons. The molecule has 0 aliphatic carbocycles. The van der Waals surface area contributed by atoms with Gasteiger partial charge in [-0.05, 0) is 35.6 Å². The Labute approximate surface area is 154 Å². The third-order valence-corrected chi connectivity index (χ3v) is 4.95. The molecule has 1 aliphatic heterocycles. The van der Waals surface area contributed by atoms with Crippen molar-refractivity contribution in [2.75, 3.05) is 27.9 Å². The van der Waals surface area contributed by atoms with Gasteiger partial charge in [-0.15, -0.1) is 0 Å². The maximum absolute atomic E-state index is 12.7. The van der Waals surface area contributed by atoms with E-state index < -0.39 is 12.0 Å². The summed E-state index contributed by atoms with van der Waals surface area (Å²) >= 11 is 0. The third kappa shape index (κ3) is 4.20. The lowest BCUT2D eigenvalue weighted by Gasteiger charge is -2.32. The molecule has 0 saturated heterocycles. The Bertz CT molecular complexity index is 662. The van der Waals surface area contributed by atoms with Crippen molar-refractivity contribution in [1.29, 1.82) is 0 Å². The van der Waals surface area contributed by atoms with Crippen LogP contribution in [0.5, 0.6) is 11.5 Å². The highest BCUT2D eigenvalue weighted by Crippen LogP contribution is 2.33. The maximum atomic E-state index is 12.7. The number of nitrogens with one attached hydrogen (secondary N) is 1. The number of esters is 1. The number of carbonyl (C=O) groups is 2. The number of carbonyl (C=O) groups excluding carboxylic acids is 2. The van der Waals surface area contributed by atoms with Crippen molar-refractivity contribution in [2.24, 2.45) is 5.92 Å². The summed E-state index contributed by atoms with van der Waals surface area (Å²) in [7, 11) is 4.53. The van der Waals surface area contributed by atoms with Crippen molar-refractivity contribution in [2.45, 2.75) is 39.3 Å². The van der Waals surface area contributed by atoms with Crippen LogP contribution >= 0.6 is 0 Å². The second kappa shape index (κ2) is 8.78. The summed E-state index contributed by atoms with van der Waals surface area (Å²) in [5, 5.41) is 2.83. The fraction of sp³-hybridized carbons (Fsp3) is 0.579. The summed E-state index contributed by atoms with van der Waals surface area (Å²) < 4.78 is 15.5. The van der Waals surface area contributed by atoms with Gasteiger partial charge in [0.05, 0.1) is 21.3 Å². The molecule has 1 aliphatic rings. The molecule has 1 aromatic rings. The smallest absolute Gasteiger partial charge is 0.328 e. The number of benzene rings is 1. The summed E-state index contributed by atoms with van der Waals surface area (Å²) in [4.78, 5) is 26.4. The highest BCUT2D eigenvalue weighted by molar-refractivity contribution is 5.84. The van der Waals surface area contributed by atoms with Crippen molar-refractivity contribution < 1.29 is 23.8 Å². The van der Waals surface area contributed by atoms with Crippen LogP contribution in [0, 0.1) is 5.92 Å². The minimum absolute atomic E-state index is 0.00664. The molecular weight excluding hydrogens is 336 g/mol. The number of methoxy groups -OCH3 is 3. The zero-order chi connectivity index (χ0) is 19.3. The molecule has 1 N–H and O–H groups in total. The van der Waals surface area contributed by atoms with Gasteiger partial charge in [0.2, 0.25) is 0 Å². The molecule has 7 heteroatoms. The van der Waals surface area contributed by atoms with Gasteiger partial charge >= 0.3 is 12.0 Å². The number of ether oxygens (including phenoxy) is 3. The summed E-state index contributed by atoms with van der Waals surface area (Å²) in [5.41, 5.74) is 2.15. The summed E-state index contributed by atoms with van der Waals surface area (Å²) in [6.45, 7) is 4.92. The number of hydrogen-bond acceptors (Lipinski definition) is 5. The molecule has 0 spiro atoms. The molecule has 1 heterocycles. The number of hydrogen-bond donors (Lipinski definition) is 1. The van der Waals surface area contributed by atoms with Crippen molar-refractivity contribution in [3.8, 4) is 11.5 Å². The summed E-state index contributed by atoms with van der Waals surface area (Å²) in [6.07, 6.45) is 1.48. The van der Waals surface area contributed by atoms with Crippen LogP contribution < -0.4 is 14.8 Å². The van der Waals surface area contributed by atoms with Gasteiger partial charge in [0.15, 0.2) is 11.5 Å². The standard InChI is InChI=1S/C19H28N2O5/c1-6-12(2)17(18(22)26-5)20-19(23)21-8-7-13-9-15(24-3)16(25-4)10-14(13)11-21/h9-10,12,17H,6-8,11H2,1-5H3,(H,20,23)/t12-,17-/m0/s1. The minimum Gasteiger partial charge on any atom is -0.493 e. The first-order chi connectivity index (χ1) is 12.4. The monoisotopic (exact) mass is 364 g/mol. The van der Waals surface area contributed by atoms with Crippen LogP contribution in [-0.2, 0) is 22.5 Å². The molecule has 0 bridgehead atoms. The quantitative estimate of drug-likeness (QED) is 0.784. The molecule has 1 aromatic carbocycles. The van der Waals surface area contributed by atoms with E-state index in [0.29, 0.717) is 24.6 Å². The van der Waals surface area contributed by atoms with E-state index in [-0.39, 0.29) is 11.9 Å². The van der Waals surface area contributed by atoms with Crippen molar-refractivity contribution >= 4 is 12.0 Å². The molecule has 0 fully saturated rings. The molecule has 7 nitrogen and oxygen atoms in total. The first-order valence-corrected chi connectivity index (χ1v) is 8.82. The van der Waals surface area contributed by atoms with Crippen molar-refractivity contribution in [3.05, 3.63) is 23.3 Å². The molecule has 0 unspecified atom stereocenters. The number of fused-ring (bicyclic) bond motifs is 1. The van der Waals surface area contributed by atoms with E-state index in [4.69, 9.17) is 14.2 Å². The van der Waals surface area contributed by atoms with Gasteiger partial charge in [-0.2, -0.15) is 0 Å². The van der Waals surface area contributed by atoms with Crippen LogP contribution in [0.1, 0.15) is 31.4 Å². The molecule has 0 saturated carbocycles. The van der Waals surface area contributed by atoms with Gasteiger partial charge in [0.1, 0.15) is 6.04 Å². The third-order valence-electron chi connectivity index (χ3n) is 4.95. The Kier molecular flexibility index (Phi) is 6.71.